The summed E-state index contributed by atoms with van der Waals surface area (Å²) in [6, 6.07) is 6.62. The van der Waals surface area contributed by atoms with E-state index in [4.69, 9.17) is 15.2 Å². The molecule has 1 rings (SSSR count). The zero-order valence-corrected chi connectivity index (χ0v) is 10.2. The number of anilines is 1. The van der Waals surface area contributed by atoms with Crippen molar-refractivity contribution in [1.29, 1.82) is 0 Å². The number of aliphatic hydroxyl groups is 1. The van der Waals surface area contributed by atoms with Crippen molar-refractivity contribution in [3.8, 4) is 5.75 Å². The highest BCUT2D eigenvalue weighted by Gasteiger charge is 2.26. The summed E-state index contributed by atoms with van der Waals surface area (Å²) in [5, 5.41) is 9.45. The number of nitrogen functional groups attached to an aromatic ring is 1. The second-order valence-corrected chi connectivity index (χ2v) is 3.98. The Morgan fingerprint density at radius 1 is 1.26 bits per heavy atom. The molecule has 0 aliphatic rings. The van der Waals surface area contributed by atoms with Gasteiger partial charge in [-0.05, 0) is 12.1 Å². The van der Waals surface area contributed by atoms with Crippen LogP contribution in [-0.4, -0.2) is 37.2 Å². The third-order valence-corrected chi connectivity index (χ3v) is 2.14. The number of nitrogens with two attached hydrogens (primary N) is 1. The standard InChI is InChI=1S/C12H16F3NO3/c13-12(14,15)4-5-18-7-10(17)8-19-11-3-1-2-9(16)6-11/h1-3,6,10,17H,4-5,7-8,16H2. The quantitative estimate of drug-likeness (QED) is 0.591. The molecule has 1 unspecified atom stereocenters. The summed E-state index contributed by atoms with van der Waals surface area (Å²) in [6.45, 7) is -0.757. The highest BCUT2D eigenvalue weighted by atomic mass is 19.4. The normalized spacial score (nSPS) is 13.3. The van der Waals surface area contributed by atoms with Crippen LogP contribution in [0.3, 0.4) is 0 Å². The summed E-state index contributed by atoms with van der Waals surface area (Å²) in [5.41, 5.74) is 6.05. The Morgan fingerprint density at radius 3 is 2.63 bits per heavy atom. The van der Waals surface area contributed by atoms with Crippen LogP contribution in [0.2, 0.25) is 0 Å². The zero-order chi connectivity index (χ0) is 14.3. The van der Waals surface area contributed by atoms with Gasteiger partial charge in [-0.2, -0.15) is 13.2 Å². The van der Waals surface area contributed by atoms with Crippen LogP contribution < -0.4 is 10.5 Å². The number of aliphatic hydroxyl groups excluding tert-OH is 1. The van der Waals surface area contributed by atoms with Crippen LogP contribution in [0, 0.1) is 0 Å². The summed E-state index contributed by atoms with van der Waals surface area (Å²) in [5.74, 6) is 0.481. The molecule has 1 aromatic carbocycles. The van der Waals surface area contributed by atoms with Gasteiger partial charge in [0, 0.05) is 11.8 Å². The molecule has 0 spiro atoms. The van der Waals surface area contributed by atoms with Crippen molar-refractivity contribution < 1.29 is 27.8 Å². The maximum atomic E-state index is 11.8. The van der Waals surface area contributed by atoms with Crippen LogP contribution >= 0.6 is 0 Å². The van der Waals surface area contributed by atoms with E-state index >= 15 is 0 Å². The molecule has 7 heteroatoms. The van der Waals surface area contributed by atoms with Gasteiger partial charge >= 0.3 is 6.18 Å². The fourth-order valence-electron chi connectivity index (χ4n) is 1.25. The van der Waals surface area contributed by atoms with Crippen molar-refractivity contribution in [3.05, 3.63) is 24.3 Å². The van der Waals surface area contributed by atoms with Gasteiger partial charge in [-0.25, -0.2) is 0 Å². The SMILES string of the molecule is Nc1cccc(OCC(O)COCCC(F)(F)F)c1. The molecule has 0 aliphatic carbocycles. The molecule has 0 amide bonds. The second kappa shape index (κ2) is 7.20. The van der Waals surface area contributed by atoms with Gasteiger partial charge in [0.1, 0.15) is 18.5 Å². The van der Waals surface area contributed by atoms with E-state index in [1.54, 1.807) is 24.3 Å². The van der Waals surface area contributed by atoms with Crippen molar-refractivity contribution in [1.82, 2.24) is 0 Å². The van der Waals surface area contributed by atoms with Crippen LogP contribution in [0.4, 0.5) is 18.9 Å². The van der Waals surface area contributed by atoms with Gasteiger partial charge in [0.15, 0.2) is 0 Å². The minimum Gasteiger partial charge on any atom is -0.491 e. The number of ether oxygens (including phenoxy) is 2. The van der Waals surface area contributed by atoms with Crippen molar-refractivity contribution >= 4 is 5.69 Å². The van der Waals surface area contributed by atoms with Crippen LogP contribution in [0.1, 0.15) is 6.42 Å². The second-order valence-electron chi connectivity index (χ2n) is 3.98. The smallest absolute Gasteiger partial charge is 0.391 e. The number of hydrogen-bond acceptors (Lipinski definition) is 4. The number of hydrogen-bond donors (Lipinski definition) is 2. The molecule has 1 atom stereocenters. The lowest BCUT2D eigenvalue weighted by Gasteiger charge is -2.13. The Kier molecular flexibility index (Phi) is 5.91. The van der Waals surface area contributed by atoms with E-state index < -0.39 is 25.3 Å². The molecule has 0 fully saturated rings. The van der Waals surface area contributed by atoms with E-state index in [2.05, 4.69) is 0 Å². The molecule has 1 aromatic rings. The molecule has 108 valence electrons. The molecule has 0 radical (unpaired) electrons. The average molecular weight is 279 g/mol. The Labute approximate surface area is 108 Å². The summed E-state index contributed by atoms with van der Waals surface area (Å²) < 4.78 is 45.3. The van der Waals surface area contributed by atoms with Crippen LogP contribution in [0.25, 0.3) is 0 Å². The molecular weight excluding hydrogens is 263 g/mol. The minimum atomic E-state index is -4.25. The lowest BCUT2D eigenvalue weighted by Crippen LogP contribution is -2.24. The largest absolute Gasteiger partial charge is 0.491 e. The van der Waals surface area contributed by atoms with E-state index in [-0.39, 0.29) is 13.2 Å². The third-order valence-electron chi connectivity index (χ3n) is 2.14. The Hall–Kier alpha value is -1.47. The van der Waals surface area contributed by atoms with Gasteiger partial charge in [-0.3, -0.25) is 0 Å². The molecule has 0 saturated heterocycles. The van der Waals surface area contributed by atoms with Gasteiger partial charge in [0.2, 0.25) is 0 Å². The number of halogens is 3. The number of alkyl halides is 3. The van der Waals surface area contributed by atoms with Gasteiger partial charge in [0.25, 0.3) is 0 Å². The topological polar surface area (TPSA) is 64.7 Å². The zero-order valence-electron chi connectivity index (χ0n) is 10.2. The fourth-order valence-corrected chi connectivity index (χ4v) is 1.25. The minimum absolute atomic E-state index is 0.0739. The first kappa shape index (κ1) is 15.6. The van der Waals surface area contributed by atoms with Crippen molar-refractivity contribution in [2.45, 2.75) is 18.7 Å². The Morgan fingerprint density at radius 2 is 2.00 bits per heavy atom. The first-order valence-electron chi connectivity index (χ1n) is 5.68. The van der Waals surface area contributed by atoms with Gasteiger partial charge < -0.3 is 20.3 Å². The van der Waals surface area contributed by atoms with E-state index in [0.29, 0.717) is 11.4 Å². The van der Waals surface area contributed by atoms with Gasteiger partial charge in [-0.15, -0.1) is 0 Å². The Balaban J connectivity index is 2.16. The lowest BCUT2D eigenvalue weighted by molar-refractivity contribution is -0.147. The number of benzene rings is 1. The van der Waals surface area contributed by atoms with Crippen LogP contribution in [-0.2, 0) is 4.74 Å². The predicted octanol–water partition coefficient (Wildman–Crippen LogP) is 1.98. The average Bonchev–Trinajstić information content (AvgIpc) is 2.31. The molecule has 3 N–H and O–H groups in total. The van der Waals surface area contributed by atoms with Crippen molar-refractivity contribution in [2.24, 2.45) is 0 Å². The summed E-state index contributed by atoms with van der Waals surface area (Å²) in [7, 11) is 0. The highest BCUT2D eigenvalue weighted by molar-refractivity contribution is 5.43. The fraction of sp³-hybridized carbons (Fsp3) is 0.500. The van der Waals surface area contributed by atoms with E-state index in [1.807, 2.05) is 0 Å². The van der Waals surface area contributed by atoms with Gasteiger partial charge in [-0.1, -0.05) is 6.07 Å². The first-order chi connectivity index (χ1) is 8.87. The molecule has 0 bridgehead atoms. The number of rotatable bonds is 7. The van der Waals surface area contributed by atoms with Crippen LogP contribution in [0.5, 0.6) is 5.75 Å². The predicted molar refractivity (Wildman–Crippen MR) is 63.8 cm³/mol. The third kappa shape index (κ3) is 7.53. The summed E-state index contributed by atoms with van der Waals surface area (Å²) in [6.07, 6.45) is -6.27. The summed E-state index contributed by atoms with van der Waals surface area (Å²) >= 11 is 0. The Bertz CT molecular complexity index is 385. The van der Waals surface area contributed by atoms with Gasteiger partial charge in [0.05, 0.1) is 19.6 Å². The first-order valence-corrected chi connectivity index (χ1v) is 5.68. The maximum Gasteiger partial charge on any atom is 0.391 e. The lowest BCUT2D eigenvalue weighted by atomic mass is 10.3. The molecule has 4 nitrogen and oxygen atoms in total. The maximum absolute atomic E-state index is 11.8. The molecule has 0 aliphatic heterocycles. The molecular formula is C12H16F3NO3. The van der Waals surface area contributed by atoms with E-state index in [1.165, 1.54) is 0 Å². The monoisotopic (exact) mass is 279 g/mol. The van der Waals surface area contributed by atoms with E-state index in [9.17, 15) is 18.3 Å². The molecule has 19 heavy (non-hydrogen) atoms. The van der Waals surface area contributed by atoms with Crippen molar-refractivity contribution in [3.63, 3.8) is 0 Å². The summed E-state index contributed by atoms with van der Waals surface area (Å²) in [4.78, 5) is 0. The van der Waals surface area contributed by atoms with E-state index in [0.717, 1.165) is 0 Å². The molecule has 0 saturated carbocycles. The highest BCUT2D eigenvalue weighted by Crippen LogP contribution is 2.19. The molecule has 0 heterocycles. The van der Waals surface area contributed by atoms with Crippen molar-refractivity contribution in [2.75, 3.05) is 25.6 Å². The van der Waals surface area contributed by atoms with Crippen LogP contribution in [0.15, 0.2) is 24.3 Å². The molecule has 0 aromatic heterocycles.